The zero-order valence-corrected chi connectivity index (χ0v) is 16.9. The number of nitrogens with one attached hydrogen (secondary N) is 1. The normalized spacial score (nSPS) is 13.2. The molecule has 0 saturated carbocycles. The first kappa shape index (κ1) is 19.3. The summed E-state index contributed by atoms with van der Waals surface area (Å²) in [4.78, 5) is 18.2. The van der Waals surface area contributed by atoms with E-state index in [1.807, 2.05) is 6.07 Å². The molecule has 3 rings (SSSR count). The second kappa shape index (κ2) is 8.37. The molecule has 134 valence electrons. The molecule has 0 amide bonds. The second-order valence-corrected chi connectivity index (χ2v) is 5.61. The van der Waals surface area contributed by atoms with Crippen molar-refractivity contribution >= 4 is 41.6 Å². The Bertz CT molecular complexity index is 786. The smallest absolute Gasteiger partial charge is 0.341 e. The molecule has 0 radical (unpaired) electrons. The Balaban J connectivity index is 0.00000225. The molecule has 1 aromatic carbocycles. The van der Waals surface area contributed by atoms with Crippen LogP contribution in [0.4, 0.5) is 5.69 Å². The summed E-state index contributed by atoms with van der Waals surface area (Å²) in [5, 5.41) is 3.30. The van der Waals surface area contributed by atoms with Gasteiger partial charge < -0.3 is 19.4 Å². The van der Waals surface area contributed by atoms with Gasteiger partial charge in [-0.3, -0.25) is 4.99 Å². The van der Waals surface area contributed by atoms with E-state index < -0.39 is 0 Å². The zero-order chi connectivity index (χ0) is 17.1. The maximum Gasteiger partial charge on any atom is 0.341 e. The molecule has 0 aliphatic carbocycles. The van der Waals surface area contributed by atoms with Crippen molar-refractivity contribution < 1.29 is 13.9 Å². The number of hydrogen-bond acceptors (Lipinski definition) is 4. The van der Waals surface area contributed by atoms with Gasteiger partial charge in [0, 0.05) is 19.3 Å². The van der Waals surface area contributed by atoms with Crippen LogP contribution in [-0.2, 0) is 17.7 Å². The molecular formula is C18H22IN3O3. The Labute approximate surface area is 164 Å². The number of rotatable bonds is 3. The van der Waals surface area contributed by atoms with Gasteiger partial charge >= 0.3 is 5.97 Å². The lowest BCUT2D eigenvalue weighted by Crippen LogP contribution is -2.40. The highest BCUT2D eigenvalue weighted by molar-refractivity contribution is 14.0. The number of hydrogen-bond donors (Lipinski definition) is 1. The van der Waals surface area contributed by atoms with Gasteiger partial charge in [0.2, 0.25) is 0 Å². The summed E-state index contributed by atoms with van der Waals surface area (Å²) in [5.74, 6) is 1.62. The van der Waals surface area contributed by atoms with Gasteiger partial charge in [0.25, 0.3) is 0 Å². The monoisotopic (exact) mass is 455 g/mol. The van der Waals surface area contributed by atoms with E-state index in [0.29, 0.717) is 23.6 Å². The van der Waals surface area contributed by atoms with E-state index in [9.17, 15) is 4.79 Å². The number of aryl methyl sites for hydroxylation is 1. The minimum absolute atomic E-state index is 0. The van der Waals surface area contributed by atoms with Crippen molar-refractivity contribution in [2.24, 2.45) is 4.99 Å². The number of guanidine groups is 1. The molecule has 2 heterocycles. The number of halogens is 1. The Morgan fingerprint density at radius 2 is 2.16 bits per heavy atom. The van der Waals surface area contributed by atoms with E-state index >= 15 is 0 Å². The Kier molecular flexibility index (Phi) is 6.46. The zero-order valence-electron chi connectivity index (χ0n) is 14.5. The number of carbonyl (C=O) groups excluding carboxylic acids is 1. The van der Waals surface area contributed by atoms with Gasteiger partial charge in [-0.15, -0.1) is 24.0 Å². The average molecular weight is 455 g/mol. The van der Waals surface area contributed by atoms with Crippen molar-refractivity contribution in [3.63, 3.8) is 0 Å². The molecule has 6 nitrogen and oxygen atoms in total. The Morgan fingerprint density at radius 1 is 1.40 bits per heavy atom. The molecule has 0 spiro atoms. The van der Waals surface area contributed by atoms with Gasteiger partial charge in [-0.05, 0) is 31.0 Å². The predicted octanol–water partition coefficient (Wildman–Crippen LogP) is 3.13. The van der Waals surface area contributed by atoms with Gasteiger partial charge in [-0.1, -0.05) is 18.2 Å². The maximum absolute atomic E-state index is 11.7. The van der Waals surface area contributed by atoms with Crippen LogP contribution in [0, 0.1) is 6.92 Å². The van der Waals surface area contributed by atoms with E-state index in [4.69, 9.17) is 9.15 Å². The Hall–Kier alpha value is -2.03. The molecule has 7 heteroatoms. The van der Waals surface area contributed by atoms with Crippen LogP contribution in [0.1, 0.15) is 27.4 Å². The van der Waals surface area contributed by atoms with Crippen LogP contribution >= 0.6 is 24.0 Å². The summed E-state index contributed by atoms with van der Waals surface area (Å²) in [7, 11) is 3.12. The fourth-order valence-corrected chi connectivity index (χ4v) is 2.96. The third-order valence-corrected chi connectivity index (χ3v) is 4.15. The number of methoxy groups -OCH3 is 1. The van der Waals surface area contributed by atoms with Crippen molar-refractivity contribution in [1.82, 2.24) is 5.32 Å². The molecule has 0 atom stereocenters. The molecular weight excluding hydrogens is 433 g/mol. The molecule has 0 saturated heterocycles. The lowest BCUT2D eigenvalue weighted by atomic mass is 10.2. The number of furan rings is 1. The molecule has 2 aromatic rings. The highest BCUT2D eigenvalue weighted by Crippen LogP contribution is 2.27. The van der Waals surface area contributed by atoms with Crippen molar-refractivity contribution in [3.05, 3.63) is 53.0 Å². The average Bonchev–Trinajstić information content (AvgIpc) is 3.19. The summed E-state index contributed by atoms with van der Waals surface area (Å²) < 4.78 is 10.4. The summed E-state index contributed by atoms with van der Waals surface area (Å²) in [6, 6.07) is 10.0. The first-order chi connectivity index (χ1) is 11.6. The van der Waals surface area contributed by atoms with Crippen LogP contribution < -0.4 is 10.2 Å². The van der Waals surface area contributed by atoms with Crippen LogP contribution in [0.25, 0.3) is 0 Å². The van der Waals surface area contributed by atoms with Crippen LogP contribution in [-0.4, -0.2) is 32.6 Å². The van der Waals surface area contributed by atoms with E-state index in [1.54, 1.807) is 20.0 Å². The first-order valence-electron chi connectivity index (χ1n) is 7.87. The number of benzene rings is 1. The lowest BCUT2D eigenvalue weighted by molar-refractivity contribution is 0.0599. The number of carbonyl (C=O) groups is 1. The van der Waals surface area contributed by atoms with Crippen molar-refractivity contribution in [1.29, 1.82) is 0 Å². The first-order valence-corrected chi connectivity index (χ1v) is 7.87. The predicted molar refractivity (Wildman–Crippen MR) is 108 cm³/mol. The molecule has 1 aliphatic rings. The minimum atomic E-state index is -0.389. The largest absolute Gasteiger partial charge is 0.465 e. The van der Waals surface area contributed by atoms with Gasteiger partial charge in [0.05, 0.1) is 13.7 Å². The van der Waals surface area contributed by atoms with E-state index in [1.165, 1.54) is 18.4 Å². The number of aliphatic imine (C=N–C) groups is 1. The highest BCUT2D eigenvalue weighted by atomic mass is 127. The third-order valence-electron chi connectivity index (χ3n) is 4.15. The number of ether oxygens (including phenoxy) is 1. The fourth-order valence-electron chi connectivity index (χ4n) is 2.96. The molecule has 1 aromatic heterocycles. The number of anilines is 1. The van der Waals surface area contributed by atoms with Crippen LogP contribution in [0.15, 0.2) is 39.7 Å². The fraction of sp³-hybridized carbons (Fsp3) is 0.333. The number of nitrogens with zero attached hydrogens (tertiary/aromatic N) is 2. The van der Waals surface area contributed by atoms with Crippen molar-refractivity contribution in [2.75, 3.05) is 25.6 Å². The molecule has 0 bridgehead atoms. The minimum Gasteiger partial charge on any atom is -0.465 e. The summed E-state index contributed by atoms with van der Waals surface area (Å²) in [6.07, 6.45) is 1.00. The number of esters is 1. The number of fused-ring (bicyclic) bond motifs is 1. The molecule has 1 aliphatic heterocycles. The van der Waals surface area contributed by atoms with Crippen molar-refractivity contribution in [2.45, 2.75) is 19.9 Å². The van der Waals surface area contributed by atoms with Crippen LogP contribution in [0.2, 0.25) is 0 Å². The molecule has 25 heavy (non-hydrogen) atoms. The van der Waals surface area contributed by atoms with Gasteiger partial charge in [-0.25, -0.2) is 4.79 Å². The standard InChI is InChI=1S/C18H21N3O3.HI/c1-12-15(17(22)23-3)10-14(24-12)11-20-18(19-2)21-9-8-13-6-4-5-7-16(13)21;/h4-7,10H,8-9,11H2,1-3H3,(H,19,20);1H. The summed E-state index contributed by atoms with van der Waals surface area (Å²) in [5.41, 5.74) is 2.95. The Morgan fingerprint density at radius 3 is 2.88 bits per heavy atom. The van der Waals surface area contributed by atoms with Crippen LogP contribution in [0.5, 0.6) is 0 Å². The van der Waals surface area contributed by atoms with Crippen LogP contribution in [0.3, 0.4) is 0 Å². The lowest BCUT2D eigenvalue weighted by Gasteiger charge is -2.21. The van der Waals surface area contributed by atoms with Gasteiger partial charge in [0.15, 0.2) is 5.96 Å². The van der Waals surface area contributed by atoms with E-state index in [-0.39, 0.29) is 29.9 Å². The SMILES string of the molecule is CN=C(NCc1cc(C(=O)OC)c(C)o1)N1CCc2ccccc21.I. The molecule has 0 fully saturated rings. The van der Waals surface area contributed by atoms with E-state index in [2.05, 4.69) is 33.4 Å². The van der Waals surface area contributed by atoms with Gasteiger partial charge in [-0.2, -0.15) is 0 Å². The quantitative estimate of drug-likeness (QED) is 0.334. The topological polar surface area (TPSA) is 67.1 Å². The summed E-state index contributed by atoms with van der Waals surface area (Å²) in [6.45, 7) is 3.09. The van der Waals surface area contributed by atoms with Gasteiger partial charge in [0.1, 0.15) is 17.1 Å². The molecule has 0 unspecified atom stereocenters. The van der Waals surface area contributed by atoms with E-state index in [0.717, 1.165) is 18.9 Å². The summed E-state index contributed by atoms with van der Waals surface area (Å²) >= 11 is 0. The van der Waals surface area contributed by atoms with Crippen molar-refractivity contribution in [3.8, 4) is 0 Å². The highest BCUT2D eigenvalue weighted by Gasteiger charge is 2.23. The molecule has 1 N–H and O–H groups in total. The second-order valence-electron chi connectivity index (χ2n) is 5.61. The maximum atomic E-state index is 11.7. The third kappa shape index (κ3) is 3.97. The number of para-hydroxylation sites is 1.